The summed E-state index contributed by atoms with van der Waals surface area (Å²) in [4.78, 5) is 12.5. The van der Waals surface area contributed by atoms with Gasteiger partial charge in [-0.1, -0.05) is 48.0 Å². The van der Waals surface area contributed by atoms with E-state index in [2.05, 4.69) is 10.6 Å². The normalized spacial score (nSPS) is 31.7. The summed E-state index contributed by atoms with van der Waals surface area (Å²) in [6.07, 6.45) is -0.812. The second-order valence-corrected chi connectivity index (χ2v) is 7.87. The summed E-state index contributed by atoms with van der Waals surface area (Å²) in [5.41, 5.74) is 1.87. The van der Waals surface area contributed by atoms with Crippen LogP contribution in [0.25, 0.3) is 0 Å². The van der Waals surface area contributed by atoms with E-state index in [0.29, 0.717) is 11.4 Å². The number of carbonyl (C=O) groups excluding carboxylic acids is 1. The molecule has 0 saturated heterocycles. The van der Waals surface area contributed by atoms with Crippen molar-refractivity contribution in [2.24, 2.45) is 11.8 Å². The van der Waals surface area contributed by atoms with E-state index in [-0.39, 0.29) is 36.2 Å². The van der Waals surface area contributed by atoms with Crippen LogP contribution in [0.1, 0.15) is 17.9 Å². The van der Waals surface area contributed by atoms with Crippen molar-refractivity contribution < 1.29 is 15.0 Å². The van der Waals surface area contributed by atoms with Gasteiger partial charge in [0, 0.05) is 28.6 Å². The van der Waals surface area contributed by atoms with E-state index in [1.165, 1.54) is 0 Å². The molecule has 0 unspecified atom stereocenters. The molecule has 2 aromatic rings. The van der Waals surface area contributed by atoms with Gasteiger partial charge < -0.3 is 20.8 Å². The Morgan fingerprint density at radius 3 is 2.52 bits per heavy atom. The first-order chi connectivity index (χ1) is 13.0. The molecule has 2 saturated carbocycles. The smallest absolute Gasteiger partial charge is 0.239 e. The van der Waals surface area contributed by atoms with E-state index in [9.17, 15) is 15.0 Å². The lowest BCUT2D eigenvalue weighted by atomic mass is 9.77. The number of rotatable bonds is 5. The average molecular weight is 387 g/mol. The molecule has 6 heteroatoms. The monoisotopic (exact) mass is 386 g/mol. The molecule has 4 rings (SSSR count). The molecule has 2 bridgehead atoms. The molecular formula is C21H23ClN2O3. The van der Waals surface area contributed by atoms with Crippen LogP contribution in [0.15, 0.2) is 54.6 Å². The van der Waals surface area contributed by atoms with Crippen molar-refractivity contribution in [3.05, 3.63) is 65.2 Å². The van der Waals surface area contributed by atoms with Crippen LogP contribution in [0.4, 0.5) is 5.69 Å². The third kappa shape index (κ3) is 3.55. The number of hydrogen-bond donors (Lipinski definition) is 4. The molecule has 6 atom stereocenters. The number of carbonyl (C=O) groups is 1. The first kappa shape index (κ1) is 18.3. The van der Waals surface area contributed by atoms with Crippen molar-refractivity contribution in [1.82, 2.24) is 5.32 Å². The molecule has 0 aromatic heterocycles. The quantitative estimate of drug-likeness (QED) is 0.636. The summed E-state index contributed by atoms with van der Waals surface area (Å²) in [6.45, 7) is 0.119. The molecule has 142 valence electrons. The Bertz CT molecular complexity index is 816. The number of aliphatic hydroxyl groups is 2. The SMILES string of the molecule is O=C(CNc1cccc(Cl)c1)N[C@H]1[C@@H]2C[C@@H]([C@@H](O)[C@H]2O)[C@@H]1c1ccccc1. The van der Waals surface area contributed by atoms with Crippen molar-refractivity contribution in [2.75, 3.05) is 11.9 Å². The predicted octanol–water partition coefficient (Wildman–Crippen LogP) is 2.39. The van der Waals surface area contributed by atoms with Crippen LogP contribution in [0.5, 0.6) is 0 Å². The van der Waals surface area contributed by atoms with Gasteiger partial charge in [0.2, 0.25) is 5.91 Å². The minimum atomic E-state index is -0.791. The van der Waals surface area contributed by atoms with Gasteiger partial charge in [-0.3, -0.25) is 4.79 Å². The fourth-order valence-electron chi connectivity index (χ4n) is 4.69. The Morgan fingerprint density at radius 2 is 1.78 bits per heavy atom. The second-order valence-electron chi connectivity index (χ2n) is 7.44. The van der Waals surface area contributed by atoms with Gasteiger partial charge in [-0.15, -0.1) is 0 Å². The molecule has 2 aliphatic rings. The minimum Gasteiger partial charge on any atom is -0.390 e. The largest absolute Gasteiger partial charge is 0.390 e. The number of nitrogens with one attached hydrogen (secondary N) is 2. The standard InChI is InChI=1S/C21H23ClN2O3/c22-13-7-4-8-14(9-13)23-11-17(25)24-19-16-10-15(20(26)21(16)27)18(19)12-5-2-1-3-6-12/h1-9,15-16,18-21,23,26-27H,10-11H2,(H,24,25)/t15-,16+,18+,19+,20-,21+/m1/s1. The van der Waals surface area contributed by atoms with Gasteiger partial charge in [0.05, 0.1) is 18.8 Å². The number of anilines is 1. The maximum atomic E-state index is 12.5. The number of halogens is 1. The van der Waals surface area contributed by atoms with Crippen LogP contribution >= 0.6 is 11.6 Å². The highest BCUT2D eigenvalue weighted by molar-refractivity contribution is 6.30. The van der Waals surface area contributed by atoms with Gasteiger partial charge >= 0.3 is 0 Å². The van der Waals surface area contributed by atoms with Crippen molar-refractivity contribution in [1.29, 1.82) is 0 Å². The molecule has 0 spiro atoms. The van der Waals surface area contributed by atoms with Crippen LogP contribution < -0.4 is 10.6 Å². The van der Waals surface area contributed by atoms with Gasteiger partial charge in [-0.2, -0.15) is 0 Å². The van der Waals surface area contributed by atoms with E-state index in [0.717, 1.165) is 11.3 Å². The fourth-order valence-corrected chi connectivity index (χ4v) is 4.88. The highest BCUT2D eigenvalue weighted by Gasteiger charge is 2.58. The third-order valence-electron chi connectivity index (χ3n) is 5.87. The van der Waals surface area contributed by atoms with Crippen LogP contribution in [0.2, 0.25) is 5.02 Å². The Balaban J connectivity index is 1.46. The van der Waals surface area contributed by atoms with E-state index in [1.807, 2.05) is 42.5 Å². The zero-order valence-electron chi connectivity index (χ0n) is 14.8. The highest BCUT2D eigenvalue weighted by Crippen LogP contribution is 2.53. The summed E-state index contributed by atoms with van der Waals surface area (Å²) >= 11 is 5.97. The van der Waals surface area contributed by atoms with E-state index < -0.39 is 12.2 Å². The topological polar surface area (TPSA) is 81.6 Å². The maximum absolute atomic E-state index is 12.5. The van der Waals surface area contributed by atoms with Crippen LogP contribution in [-0.4, -0.2) is 40.9 Å². The third-order valence-corrected chi connectivity index (χ3v) is 6.11. The van der Waals surface area contributed by atoms with Crippen molar-refractivity contribution >= 4 is 23.2 Å². The lowest BCUT2D eigenvalue weighted by Crippen LogP contribution is -2.52. The number of fused-ring (bicyclic) bond motifs is 2. The molecule has 0 aliphatic heterocycles. The summed E-state index contributed by atoms with van der Waals surface area (Å²) in [6, 6.07) is 16.9. The van der Waals surface area contributed by atoms with E-state index in [4.69, 9.17) is 11.6 Å². The zero-order valence-corrected chi connectivity index (χ0v) is 15.5. The Hall–Kier alpha value is -2.08. The zero-order chi connectivity index (χ0) is 19.0. The van der Waals surface area contributed by atoms with Gasteiger partial charge in [-0.25, -0.2) is 0 Å². The van der Waals surface area contributed by atoms with Crippen LogP contribution in [-0.2, 0) is 4.79 Å². The summed E-state index contributed by atoms with van der Waals surface area (Å²) in [5.74, 6) is -0.316. The van der Waals surface area contributed by atoms with Crippen LogP contribution in [0, 0.1) is 11.8 Å². The lowest BCUT2D eigenvalue weighted by molar-refractivity contribution is -0.121. The average Bonchev–Trinajstić information content (AvgIpc) is 3.17. The number of benzene rings is 2. The Labute approximate surface area is 163 Å². The molecule has 2 aliphatic carbocycles. The molecule has 4 N–H and O–H groups in total. The number of hydrogen-bond acceptors (Lipinski definition) is 4. The van der Waals surface area contributed by atoms with Crippen molar-refractivity contribution in [3.8, 4) is 0 Å². The Kier molecular flexibility index (Phi) is 5.08. The summed E-state index contributed by atoms with van der Waals surface area (Å²) in [5, 5.41) is 27.5. The minimum absolute atomic E-state index is 0.00437. The second kappa shape index (κ2) is 7.50. The summed E-state index contributed by atoms with van der Waals surface area (Å²) in [7, 11) is 0. The summed E-state index contributed by atoms with van der Waals surface area (Å²) < 4.78 is 0. The fraction of sp³-hybridized carbons (Fsp3) is 0.381. The molecule has 1 amide bonds. The first-order valence-corrected chi connectivity index (χ1v) is 9.62. The van der Waals surface area contributed by atoms with Gasteiger partial charge in [0.25, 0.3) is 0 Å². The molecule has 27 heavy (non-hydrogen) atoms. The highest BCUT2D eigenvalue weighted by atomic mass is 35.5. The first-order valence-electron chi connectivity index (χ1n) is 9.24. The lowest BCUT2D eigenvalue weighted by Gasteiger charge is -2.37. The van der Waals surface area contributed by atoms with E-state index in [1.54, 1.807) is 12.1 Å². The van der Waals surface area contributed by atoms with Gasteiger partial charge in [0.15, 0.2) is 0 Å². The van der Waals surface area contributed by atoms with Crippen LogP contribution in [0.3, 0.4) is 0 Å². The number of aliphatic hydroxyl groups excluding tert-OH is 2. The van der Waals surface area contributed by atoms with Gasteiger partial charge in [0.1, 0.15) is 0 Å². The Morgan fingerprint density at radius 1 is 1.04 bits per heavy atom. The van der Waals surface area contributed by atoms with Gasteiger partial charge in [-0.05, 0) is 36.1 Å². The van der Waals surface area contributed by atoms with E-state index >= 15 is 0 Å². The molecular weight excluding hydrogens is 364 g/mol. The molecule has 2 fully saturated rings. The predicted molar refractivity (Wildman–Crippen MR) is 105 cm³/mol. The van der Waals surface area contributed by atoms with Crippen molar-refractivity contribution in [3.63, 3.8) is 0 Å². The molecule has 5 nitrogen and oxygen atoms in total. The molecule has 0 radical (unpaired) electrons. The maximum Gasteiger partial charge on any atom is 0.239 e. The number of amides is 1. The molecule has 2 aromatic carbocycles. The molecule has 0 heterocycles. The van der Waals surface area contributed by atoms with Crippen molar-refractivity contribution in [2.45, 2.75) is 30.6 Å².